The van der Waals surface area contributed by atoms with Gasteiger partial charge in [0.1, 0.15) is 10.7 Å². The van der Waals surface area contributed by atoms with Crippen LogP contribution in [-0.2, 0) is 7.05 Å². The van der Waals surface area contributed by atoms with Gasteiger partial charge >= 0.3 is 0 Å². The molecule has 0 saturated heterocycles. The van der Waals surface area contributed by atoms with Crippen molar-refractivity contribution in [1.29, 1.82) is 0 Å². The first kappa shape index (κ1) is 21.3. The van der Waals surface area contributed by atoms with Gasteiger partial charge < -0.3 is 19.4 Å². The molecule has 1 N–H and O–H groups in total. The third-order valence-electron chi connectivity index (χ3n) is 4.80. The number of carbonyl (C=O) groups is 2. The highest BCUT2D eigenvalue weighted by Crippen LogP contribution is 2.33. The summed E-state index contributed by atoms with van der Waals surface area (Å²) in [5.41, 5.74) is 2.17. The molecule has 0 spiro atoms. The van der Waals surface area contributed by atoms with Gasteiger partial charge in [-0.1, -0.05) is 0 Å². The van der Waals surface area contributed by atoms with Crippen molar-refractivity contribution >= 4 is 28.7 Å². The topological polar surface area (TPSA) is 95.3 Å². The highest BCUT2D eigenvalue weighted by Gasteiger charge is 2.16. The predicted octanol–water partition coefficient (Wildman–Crippen LogP) is 4.04. The number of thiazole rings is 1. The molecule has 162 valence electrons. The number of ether oxygens (including phenoxy) is 2. The SMILES string of the molecule is COc1ccc(-c2nc(C(=O)Nc3ccc(C(=O)c4nccn4C)cc3)cs2)cc1OC. The Labute approximate surface area is 188 Å². The van der Waals surface area contributed by atoms with Crippen LogP contribution >= 0.6 is 11.3 Å². The zero-order valence-corrected chi connectivity index (χ0v) is 18.5. The van der Waals surface area contributed by atoms with E-state index in [1.165, 1.54) is 11.3 Å². The number of aryl methyl sites for hydroxylation is 1. The molecular weight excluding hydrogens is 428 g/mol. The van der Waals surface area contributed by atoms with Crippen molar-refractivity contribution in [3.63, 3.8) is 0 Å². The number of anilines is 1. The summed E-state index contributed by atoms with van der Waals surface area (Å²) in [7, 11) is 4.90. The van der Waals surface area contributed by atoms with Gasteiger partial charge in [-0.15, -0.1) is 11.3 Å². The number of aromatic nitrogens is 3. The van der Waals surface area contributed by atoms with Crippen molar-refractivity contribution in [2.45, 2.75) is 0 Å². The van der Waals surface area contributed by atoms with E-state index in [1.807, 2.05) is 12.1 Å². The van der Waals surface area contributed by atoms with Crippen LogP contribution in [0.3, 0.4) is 0 Å². The molecule has 0 saturated carbocycles. The van der Waals surface area contributed by atoms with Crippen molar-refractivity contribution in [1.82, 2.24) is 14.5 Å². The molecule has 1 amide bonds. The summed E-state index contributed by atoms with van der Waals surface area (Å²) in [4.78, 5) is 33.7. The Morgan fingerprint density at radius 2 is 1.78 bits per heavy atom. The van der Waals surface area contributed by atoms with Crippen LogP contribution in [0.15, 0.2) is 60.2 Å². The summed E-state index contributed by atoms with van der Waals surface area (Å²) in [6, 6.07) is 12.1. The van der Waals surface area contributed by atoms with Gasteiger partial charge in [0, 0.05) is 41.6 Å². The number of imidazole rings is 1. The van der Waals surface area contributed by atoms with Crippen LogP contribution in [0.4, 0.5) is 5.69 Å². The molecule has 4 rings (SSSR count). The summed E-state index contributed by atoms with van der Waals surface area (Å²) >= 11 is 1.36. The Balaban J connectivity index is 1.46. The van der Waals surface area contributed by atoms with Crippen molar-refractivity contribution in [2.24, 2.45) is 7.05 Å². The van der Waals surface area contributed by atoms with E-state index in [0.29, 0.717) is 39.3 Å². The van der Waals surface area contributed by atoms with Crippen molar-refractivity contribution < 1.29 is 19.1 Å². The van der Waals surface area contributed by atoms with E-state index in [4.69, 9.17) is 9.47 Å². The summed E-state index contributed by atoms with van der Waals surface area (Å²) in [5.74, 6) is 1.04. The van der Waals surface area contributed by atoms with Crippen LogP contribution < -0.4 is 14.8 Å². The third-order valence-corrected chi connectivity index (χ3v) is 5.69. The molecule has 0 aliphatic rings. The summed E-state index contributed by atoms with van der Waals surface area (Å²) in [5, 5.41) is 5.19. The van der Waals surface area contributed by atoms with E-state index < -0.39 is 0 Å². The fraction of sp³-hybridized carbons (Fsp3) is 0.130. The van der Waals surface area contributed by atoms with Gasteiger partial charge in [-0.05, 0) is 42.5 Å². The number of carbonyl (C=O) groups excluding carboxylic acids is 2. The maximum absolute atomic E-state index is 12.6. The first-order chi connectivity index (χ1) is 15.5. The van der Waals surface area contributed by atoms with Crippen LogP contribution in [0.2, 0.25) is 0 Å². The second-order valence-corrected chi connectivity index (χ2v) is 7.69. The molecule has 9 heteroatoms. The minimum atomic E-state index is -0.337. The van der Waals surface area contributed by atoms with E-state index in [9.17, 15) is 9.59 Å². The van der Waals surface area contributed by atoms with Crippen LogP contribution in [0.1, 0.15) is 26.7 Å². The Bertz CT molecular complexity index is 1280. The predicted molar refractivity (Wildman–Crippen MR) is 122 cm³/mol. The Kier molecular flexibility index (Phi) is 6.00. The number of nitrogens with zero attached hydrogens (tertiary/aromatic N) is 3. The smallest absolute Gasteiger partial charge is 0.275 e. The van der Waals surface area contributed by atoms with E-state index in [1.54, 1.807) is 73.9 Å². The summed E-state index contributed by atoms with van der Waals surface area (Å²) in [6.45, 7) is 0. The fourth-order valence-corrected chi connectivity index (χ4v) is 3.89. The van der Waals surface area contributed by atoms with Crippen LogP contribution in [-0.4, -0.2) is 40.4 Å². The lowest BCUT2D eigenvalue weighted by Gasteiger charge is -2.08. The molecule has 0 aliphatic carbocycles. The van der Waals surface area contributed by atoms with Crippen LogP contribution in [0.25, 0.3) is 10.6 Å². The molecule has 0 unspecified atom stereocenters. The molecule has 4 aromatic rings. The van der Waals surface area contributed by atoms with Gasteiger partial charge in [-0.2, -0.15) is 0 Å². The lowest BCUT2D eigenvalue weighted by Crippen LogP contribution is -2.13. The number of amides is 1. The highest BCUT2D eigenvalue weighted by molar-refractivity contribution is 7.13. The monoisotopic (exact) mass is 448 g/mol. The second-order valence-electron chi connectivity index (χ2n) is 6.83. The number of methoxy groups -OCH3 is 2. The third kappa shape index (κ3) is 4.23. The normalized spacial score (nSPS) is 10.6. The molecule has 0 aliphatic heterocycles. The van der Waals surface area contributed by atoms with Gasteiger partial charge in [0.2, 0.25) is 5.78 Å². The highest BCUT2D eigenvalue weighted by atomic mass is 32.1. The maximum atomic E-state index is 12.6. The molecule has 2 aromatic heterocycles. The molecule has 8 nitrogen and oxygen atoms in total. The zero-order chi connectivity index (χ0) is 22.7. The molecule has 0 bridgehead atoms. The molecule has 32 heavy (non-hydrogen) atoms. The molecule has 0 atom stereocenters. The molecule has 0 fully saturated rings. The average molecular weight is 449 g/mol. The lowest BCUT2D eigenvalue weighted by atomic mass is 10.1. The number of rotatable bonds is 7. The van der Waals surface area contributed by atoms with Crippen LogP contribution in [0, 0.1) is 0 Å². The Morgan fingerprint density at radius 3 is 2.44 bits per heavy atom. The number of ketones is 1. The van der Waals surface area contributed by atoms with Gasteiger partial charge in [0.05, 0.1) is 14.2 Å². The second kappa shape index (κ2) is 9.03. The minimum Gasteiger partial charge on any atom is -0.493 e. The number of nitrogens with one attached hydrogen (secondary N) is 1. The minimum absolute atomic E-state index is 0.186. The number of hydrogen-bond acceptors (Lipinski definition) is 7. The Hall–Kier alpha value is -3.98. The summed E-state index contributed by atoms with van der Waals surface area (Å²) in [6.07, 6.45) is 3.29. The number of benzene rings is 2. The van der Waals surface area contributed by atoms with Gasteiger partial charge in [0.15, 0.2) is 17.3 Å². The largest absolute Gasteiger partial charge is 0.493 e. The lowest BCUT2D eigenvalue weighted by molar-refractivity contribution is 0.101. The van der Waals surface area contributed by atoms with Gasteiger partial charge in [0.25, 0.3) is 5.91 Å². The average Bonchev–Trinajstić information content (AvgIpc) is 3.48. The number of hydrogen-bond donors (Lipinski definition) is 1. The van der Waals surface area contributed by atoms with E-state index >= 15 is 0 Å². The van der Waals surface area contributed by atoms with E-state index in [-0.39, 0.29) is 11.7 Å². The van der Waals surface area contributed by atoms with Crippen LogP contribution in [0.5, 0.6) is 11.5 Å². The first-order valence-electron chi connectivity index (χ1n) is 9.61. The summed E-state index contributed by atoms with van der Waals surface area (Å²) < 4.78 is 12.2. The Morgan fingerprint density at radius 1 is 1.03 bits per heavy atom. The molecule has 2 heterocycles. The first-order valence-corrected chi connectivity index (χ1v) is 10.5. The fourth-order valence-electron chi connectivity index (χ4n) is 3.09. The van der Waals surface area contributed by atoms with E-state index in [2.05, 4.69) is 15.3 Å². The maximum Gasteiger partial charge on any atom is 0.275 e. The van der Waals surface area contributed by atoms with Gasteiger partial charge in [-0.25, -0.2) is 9.97 Å². The zero-order valence-electron chi connectivity index (χ0n) is 17.7. The standard InChI is InChI=1S/C23H20N4O4S/c1-27-11-10-24-21(27)20(28)14-4-7-16(8-5-14)25-22(29)17-13-32-23(26-17)15-6-9-18(30-2)19(12-15)31-3/h4-13H,1-3H3,(H,25,29). The van der Waals surface area contributed by atoms with Crippen molar-refractivity contribution in [2.75, 3.05) is 19.5 Å². The van der Waals surface area contributed by atoms with Crippen molar-refractivity contribution in [3.05, 3.63) is 77.3 Å². The molecule has 0 radical (unpaired) electrons. The quantitative estimate of drug-likeness (QED) is 0.429. The van der Waals surface area contributed by atoms with E-state index in [0.717, 1.165) is 5.56 Å². The molecule has 2 aromatic carbocycles. The van der Waals surface area contributed by atoms with Gasteiger partial charge in [-0.3, -0.25) is 9.59 Å². The van der Waals surface area contributed by atoms with Crippen molar-refractivity contribution in [3.8, 4) is 22.1 Å². The molecular formula is C23H20N4O4S.